The van der Waals surface area contributed by atoms with Crippen molar-refractivity contribution < 1.29 is 23.5 Å². The number of carbonyl (C=O) groups is 3. The molecule has 0 aromatic heterocycles. The van der Waals surface area contributed by atoms with Gasteiger partial charge in [0.25, 0.3) is 0 Å². The molecule has 2 heterocycles. The van der Waals surface area contributed by atoms with E-state index in [0.29, 0.717) is 35.5 Å². The molecule has 1 aliphatic carbocycles. The van der Waals surface area contributed by atoms with E-state index < -0.39 is 23.1 Å². The van der Waals surface area contributed by atoms with Gasteiger partial charge in [0, 0.05) is 34.6 Å². The number of benzene rings is 2. The Kier molecular flexibility index (Phi) is 5.02. The maximum atomic E-state index is 13.9. The van der Waals surface area contributed by atoms with Crippen molar-refractivity contribution in [1.82, 2.24) is 0 Å². The van der Waals surface area contributed by atoms with Crippen molar-refractivity contribution in [2.24, 2.45) is 5.73 Å². The number of nitrogens with one attached hydrogen (secondary N) is 1. The van der Waals surface area contributed by atoms with Crippen LogP contribution < -0.4 is 16.0 Å². The molecule has 2 aliphatic heterocycles. The Hall–Kier alpha value is -3.65. The van der Waals surface area contributed by atoms with Crippen LogP contribution in [0.1, 0.15) is 30.4 Å². The first-order valence-corrected chi connectivity index (χ1v) is 11.1. The minimum absolute atomic E-state index is 0.0764. The number of ketones is 1. The average molecular weight is 482 g/mol. The molecule has 9 heteroatoms. The molecule has 2 aromatic rings. The molecule has 1 atom stereocenters. The van der Waals surface area contributed by atoms with E-state index in [1.807, 2.05) is 13.0 Å². The lowest BCUT2D eigenvalue weighted by molar-refractivity contribution is -0.138. The van der Waals surface area contributed by atoms with Crippen LogP contribution >= 0.6 is 11.6 Å². The van der Waals surface area contributed by atoms with Crippen LogP contribution in [0.2, 0.25) is 5.02 Å². The van der Waals surface area contributed by atoms with Gasteiger partial charge in [0.15, 0.2) is 5.78 Å². The van der Waals surface area contributed by atoms with E-state index in [4.69, 9.17) is 22.1 Å². The van der Waals surface area contributed by atoms with Crippen LogP contribution in [0.5, 0.6) is 0 Å². The van der Waals surface area contributed by atoms with E-state index in [0.717, 1.165) is 5.56 Å². The smallest absolute Gasteiger partial charge is 0.339 e. The minimum Gasteiger partial charge on any atom is -0.466 e. The standard InChI is InChI=1S/C25H21ClFN3O4/c1-12-6-9-17-14(10-12)25(24(33)29-17)20-18(4-3-5-19(20)31)30(22(28)21(25)23(32)34-2)13-7-8-16(27)15(26)11-13/h6-11H,3-5,28H2,1-2H3,(H,29,33). The molecule has 1 unspecified atom stereocenters. The number of methoxy groups -OCH3 is 1. The summed E-state index contributed by atoms with van der Waals surface area (Å²) in [5.41, 5.74) is 7.54. The number of amides is 1. The molecule has 34 heavy (non-hydrogen) atoms. The molecule has 2 aromatic carbocycles. The maximum Gasteiger partial charge on any atom is 0.339 e. The van der Waals surface area contributed by atoms with E-state index in [1.54, 1.807) is 12.1 Å². The summed E-state index contributed by atoms with van der Waals surface area (Å²) in [5.74, 6) is -2.35. The summed E-state index contributed by atoms with van der Waals surface area (Å²) in [7, 11) is 1.19. The van der Waals surface area contributed by atoms with Crippen molar-refractivity contribution in [3.63, 3.8) is 0 Å². The van der Waals surface area contributed by atoms with Crippen LogP contribution in [0.25, 0.3) is 0 Å². The lowest BCUT2D eigenvalue weighted by Gasteiger charge is -2.44. The fourth-order valence-corrected chi connectivity index (χ4v) is 5.42. The van der Waals surface area contributed by atoms with Gasteiger partial charge in [-0.15, -0.1) is 0 Å². The minimum atomic E-state index is -1.76. The molecule has 5 rings (SSSR count). The summed E-state index contributed by atoms with van der Waals surface area (Å²) < 4.78 is 19.0. The molecule has 1 spiro atoms. The molecule has 0 fully saturated rings. The second kappa shape index (κ2) is 7.70. The van der Waals surface area contributed by atoms with Crippen molar-refractivity contribution in [2.75, 3.05) is 17.3 Å². The zero-order valence-corrected chi connectivity index (χ0v) is 19.3. The molecule has 3 aliphatic rings. The van der Waals surface area contributed by atoms with Crippen LogP contribution in [0, 0.1) is 12.7 Å². The van der Waals surface area contributed by atoms with Crippen molar-refractivity contribution in [3.05, 3.63) is 81.0 Å². The fourth-order valence-electron chi connectivity index (χ4n) is 5.24. The van der Waals surface area contributed by atoms with Gasteiger partial charge in [0.05, 0.1) is 12.1 Å². The first-order valence-electron chi connectivity index (χ1n) is 10.7. The Morgan fingerprint density at radius 2 is 1.97 bits per heavy atom. The highest BCUT2D eigenvalue weighted by Crippen LogP contribution is 2.55. The van der Waals surface area contributed by atoms with Gasteiger partial charge in [-0.25, -0.2) is 9.18 Å². The third kappa shape index (κ3) is 2.84. The highest BCUT2D eigenvalue weighted by Gasteiger charge is 2.61. The normalized spacial score (nSPS) is 21.6. The van der Waals surface area contributed by atoms with Gasteiger partial charge in [-0.1, -0.05) is 29.3 Å². The number of aryl methyl sites for hydroxylation is 1. The van der Waals surface area contributed by atoms with Gasteiger partial charge < -0.3 is 15.8 Å². The number of hydrogen-bond acceptors (Lipinski definition) is 6. The molecule has 3 N–H and O–H groups in total. The van der Waals surface area contributed by atoms with E-state index in [2.05, 4.69) is 5.32 Å². The van der Waals surface area contributed by atoms with Gasteiger partial charge in [0.1, 0.15) is 22.6 Å². The van der Waals surface area contributed by atoms with Gasteiger partial charge in [-0.2, -0.15) is 0 Å². The Balaban J connectivity index is 1.91. The molecule has 0 saturated carbocycles. The molecule has 0 bridgehead atoms. The number of carbonyl (C=O) groups excluding carboxylic acids is 3. The number of anilines is 2. The monoisotopic (exact) mass is 481 g/mol. The second-order valence-corrected chi connectivity index (χ2v) is 8.94. The van der Waals surface area contributed by atoms with Gasteiger partial charge in [0.2, 0.25) is 5.91 Å². The molecule has 174 valence electrons. The van der Waals surface area contributed by atoms with Crippen molar-refractivity contribution in [3.8, 4) is 0 Å². The fraction of sp³-hybridized carbons (Fsp3) is 0.240. The summed E-state index contributed by atoms with van der Waals surface area (Å²) in [6.45, 7) is 1.86. The molecular formula is C25H21ClFN3O4. The van der Waals surface area contributed by atoms with Gasteiger partial charge in [-0.3, -0.25) is 14.5 Å². The average Bonchev–Trinajstić information content (AvgIpc) is 3.07. The third-order valence-electron chi connectivity index (χ3n) is 6.62. The summed E-state index contributed by atoms with van der Waals surface area (Å²) in [5, 5.41) is 2.68. The lowest BCUT2D eigenvalue weighted by Crippen LogP contribution is -2.53. The number of rotatable bonds is 2. The van der Waals surface area contributed by atoms with E-state index in [9.17, 15) is 18.8 Å². The summed E-state index contributed by atoms with van der Waals surface area (Å²) >= 11 is 6.04. The van der Waals surface area contributed by atoms with Crippen molar-refractivity contribution >= 4 is 40.6 Å². The topological polar surface area (TPSA) is 102 Å². The van der Waals surface area contributed by atoms with Crippen LogP contribution in [0.4, 0.5) is 15.8 Å². The summed E-state index contributed by atoms with van der Waals surface area (Å²) in [4.78, 5) is 42.1. The Labute approximate surface area is 200 Å². The number of hydrogen-bond donors (Lipinski definition) is 2. The largest absolute Gasteiger partial charge is 0.466 e. The number of nitrogens with two attached hydrogens (primary N) is 1. The Bertz CT molecular complexity index is 1370. The number of nitrogens with zero attached hydrogens (tertiary/aromatic N) is 1. The predicted octanol–water partition coefficient (Wildman–Crippen LogP) is 3.85. The molecule has 1 amide bonds. The second-order valence-electron chi connectivity index (χ2n) is 8.54. The van der Waals surface area contributed by atoms with Gasteiger partial charge >= 0.3 is 5.97 Å². The molecule has 0 saturated heterocycles. The Morgan fingerprint density at radius 3 is 2.68 bits per heavy atom. The van der Waals surface area contributed by atoms with E-state index in [-0.39, 0.29) is 34.2 Å². The zero-order chi connectivity index (χ0) is 24.4. The number of Topliss-reactive ketones (excluding diaryl/α,β-unsaturated/α-hetero) is 1. The van der Waals surface area contributed by atoms with Crippen LogP contribution in [0.15, 0.2) is 59.1 Å². The number of fused-ring (bicyclic) bond motifs is 3. The van der Waals surface area contributed by atoms with Crippen LogP contribution in [-0.4, -0.2) is 24.8 Å². The number of ether oxygens (including phenoxy) is 1. The lowest BCUT2D eigenvalue weighted by atomic mass is 9.63. The summed E-state index contributed by atoms with van der Waals surface area (Å²) in [6, 6.07) is 9.35. The summed E-state index contributed by atoms with van der Waals surface area (Å²) in [6.07, 6.45) is 1.16. The first kappa shape index (κ1) is 22.2. The van der Waals surface area contributed by atoms with E-state index >= 15 is 0 Å². The SMILES string of the molecule is COC(=O)C1=C(N)N(c2ccc(F)c(Cl)c2)C2=C(C(=O)CCC2)C12C(=O)Nc1ccc(C)cc12. The third-order valence-corrected chi connectivity index (χ3v) is 6.91. The molecular weight excluding hydrogens is 461 g/mol. The van der Waals surface area contributed by atoms with Gasteiger partial charge in [-0.05, 0) is 44.0 Å². The predicted molar refractivity (Wildman–Crippen MR) is 124 cm³/mol. The maximum absolute atomic E-state index is 13.9. The quantitative estimate of drug-likeness (QED) is 0.632. The first-order chi connectivity index (χ1) is 16.2. The Morgan fingerprint density at radius 1 is 1.21 bits per heavy atom. The molecule has 0 radical (unpaired) electrons. The number of allylic oxidation sites excluding steroid dienone is 1. The molecule has 7 nitrogen and oxygen atoms in total. The number of esters is 1. The number of halogens is 2. The highest BCUT2D eigenvalue weighted by atomic mass is 35.5. The highest BCUT2D eigenvalue weighted by molar-refractivity contribution is 6.31. The zero-order valence-electron chi connectivity index (χ0n) is 18.5. The van der Waals surface area contributed by atoms with Crippen molar-refractivity contribution in [2.45, 2.75) is 31.6 Å². The van der Waals surface area contributed by atoms with Crippen molar-refractivity contribution in [1.29, 1.82) is 0 Å². The van der Waals surface area contributed by atoms with E-state index in [1.165, 1.54) is 30.2 Å². The van der Waals surface area contributed by atoms with Crippen LogP contribution in [0.3, 0.4) is 0 Å². The van der Waals surface area contributed by atoms with Crippen LogP contribution in [-0.2, 0) is 24.5 Å².